The van der Waals surface area contributed by atoms with Gasteiger partial charge in [0.1, 0.15) is 0 Å². The largest absolute Gasteiger partial charge is 0.504 e. The van der Waals surface area contributed by atoms with Gasteiger partial charge < -0.3 is 26.0 Å². The van der Waals surface area contributed by atoms with Crippen LogP contribution in [0.5, 0.6) is 11.5 Å². The topological polar surface area (TPSA) is 107 Å². The number of carbonyl (C=O) groups is 1. The fraction of sp³-hybridized carbons (Fsp3) is 0.500. The number of hydrogen-bond acceptors (Lipinski definition) is 5. The summed E-state index contributed by atoms with van der Waals surface area (Å²) in [5.74, 6) is -0.564. The maximum absolute atomic E-state index is 12.2. The van der Waals surface area contributed by atoms with Crippen LogP contribution in [0.2, 0.25) is 0 Å². The van der Waals surface area contributed by atoms with Crippen LogP contribution in [-0.2, 0) is 11.2 Å². The zero-order valence-corrected chi connectivity index (χ0v) is 11.2. The lowest BCUT2D eigenvalue weighted by Gasteiger charge is -2.31. The van der Waals surface area contributed by atoms with Crippen molar-refractivity contribution in [3.63, 3.8) is 0 Å². The Bertz CT molecular complexity index is 484. The van der Waals surface area contributed by atoms with E-state index in [0.717, 1.165) is 0 Å². The van der Waals surface area contributed by atoms with Gasteiger partial charge in [-0.1, -0.05) is 6.07 Å². The third kappa shape index (κ3) is 3.40. The normalized spacial score (nSPS) is 18.0. The van der Waals surface area contributed by atoms with Crippen molar-refractivity contribution in [2.75, 3.05) is 13.1 Å². The molecule has 1 fully saturated rings. The first-order valence-corrected chi connectivity index (χ1v) is 6.70. The maximum atomic E-state index is 12.2. The number of rotatable bonds is 3. The summed E-state index contributed by atoms with van der Waals surface area (Å²) in [7, 11) is 0. The molecule has 0 saturated carbocycles. The SMILES string of the molecule is N[C@@H](Cc1ccc(O)c(O)c1)C(=O)N1CCC(O)CC1. The van der Waals surface area contributed by atoms with E-state index < -0.39 is 6.04 Å². The third-order valence-corrected chi connectivity index (χ3v) is 3.59. The molecular weight excluding hydrogens is 260 g/mol. The average molecular weight is 280 g/mol. The summed E-state index contributed by atoms with van der Waals surface area (Å²) < 4.78 is 0. The summed E-state index contributed by atoms with van der Waals surface area (Å²) in [6.45, 7) is 1.04. The van der Waals surface area contributed by atoms with Crippen molar-refractivity contribution < 1.29 is 20.1 Å². The van der Waals surface area contributed by atoms with E-state index in [1.807, 2.05) is 0 Å². The first-order chi connectivity index (χ1) is 9.47. The number of amides is 1. The van der Waals surface area contributed by atoms with Gasteiger partial charge in [-0.15, -0.1) is 0 Å². The zero-order valence-electron chi connectivity index (χ0n) is 11.2. The van der Waals surface area contributed by atoms with Crippen molar-refractivity contribution in [2.45, 2.75) is 31.4 Å². The molecule has 5 N–H and O–H groups in total. The van der Waals surface area contributed by atoms with Gasteiger partial charge in [0, 0.05) is 13.1 Å². The standard InChI is InChI=1S/C14H20N2O4/c15-11(7-9-1-2-12(18)13(19)8-9)14(20)16-5-3-10(17)4-6-16/h1-2,8,10-11,17-19H,3-7,15H2/t11-/m0/s1. The van der Waals surface area contributed by atoms with Crippen LogP contribution >= 0.6 is 0 Å². The Hall–Kier alpha value is -1.79. The number of nitrogens with two attached hydrogens (primary N) is 1. The molecule has 1 aromatic carbocycles. The zero-order chi connectivity index (χ0) is 14.7. The van der Waals surface area contributed by atoms with Crippen LogP contribution in [0.25, 0.3) is 0 Å². The molecule has 6 nitrogen and oxygen atoms in total. The molecule has 1 aliphatic heterocycles. The number of piperidine rings is 1. The Kier molecular flexibility index (Phi) is 4.46. The molecule has 20 heavy (non-hydrogen) atoms. The van der Waals surface area contributed by atoms with Gasteiger partial charge >= 0.3 is 0 Å². The molecule has 1 aromatic rings. The van der Waals surface area contributed by atoms with Crippen molar-refractivity contribution in [3.05, 3.63) is 23.8 Å². The number of carbonyl (C=O) groups excluding carboxylic acids is 1. The number of aliphatic hydroxyl groups is 1. The van der Waals surface area contributed by atoms with Gasteiger partial charge in [0.2, 0.25) is 5.91 Å². The molecule has 0 unspecified atom stereocenters. The number of hydrogen-bond donors (Lipinski definition) is 4. The number of likely N-dealkylation sites (tertiary alicyclic amines) is 1. The summed E-state index contributed by atoms with van der Waals surface area (Å²) >= 11 is 0. The second-order valence-corrected chi connectivity index (χ2v) is 5.19. The predicted molar refractivity (Wildman–Crippen MR) is 73.3 cm³/mol. The van der Waals surface area contributed by atoms with Gasteiger partial charge in [0.25, 0.3) is 0 Å². The van der Waals surface area contributed by atoms with Gasteiger partial charge in [-0.05, 0) is 37.0 Å². The molecule has 0 aliphatic carbocycles. The number of phenolic OH excluding ortho intramolecular Hbond substituents is 2. The first-order valence-electron chi connectivity index (χ1n) is 6.70. The quantitative estimate of drug-likeness (QED) is 0.581. The van der Waals surface area contributed by atoms with Crippen molar-refractivity contribution in [1.82, 2.24) is 4.90 Å². The van der Waals surface area contributed by atoms with Crippen LogP contribution < -0.4 is 5.73 Å². The van der Waals surface area contributed by atoms with Crippen molar-refractivity contribution in [1.29, 1.82) is 0 Å². The lowest BCUT2D eigenvalue weighted by molar-refractivity contribution is -0.134. The van der Waals surface area contributed by atoms with Crippen LogP contribution in [0, 0.1) is 0 Å². The van der Waals surface area contributed by atoms with Crippen molar-refractivity contribution in [2.24, 2.45) is 5.73 Å². The van der Waals surface area contributed by atoms with E-state index in [4.69, 9.17) is 5.73 Å². The Morgan fingerprint density at radius 1 is 1.30 bits per heavy atom. The minimum atomic E-state index is -0.686. The van der Waals surface area contributed by atoms with Crippen LogP contribution in [-0.4, -0.2) is 51.4 Å². The number of nitrogens with zero attached hydrogens (tertiary/aromatic N) is 1. The monoisotopic (exact) mass is 280 g/mol. The highest BCUT2D eigenvalue weighted by Crippen LogP contribution is 2.25. The molecule has 1 amide bonds. The second-order valence-electron chi connectivity index (χ2n) is 5.19. The molecule has 2 rings (SSSR count). The molecule has 6 heteroatoms. The van der Waals surface area contributed by atoms with E-state index in [2.05, 4.69) is 0 Å². The number of phenols is 2. The maximum Gasteiger partial charge on any atom is 0.239 e. The van der Waals surface area contributed by atoms with Gasteiger partial charge in [-0.3, -0.25) is 4.79 Å². The average Bonchev–Trinajstić information content (AvgIpc) is 2.43. The smallest absolute Gasteiger partial charge is 0.239 e. The summed E-state index contributed by atoms with van der Waals surface area (Å²) in [4.78, 5) is 13.8. The Morgan fingerprint density at radius 3 is 2.55 bits per heavy atom. The molecule has 0 bridgehead atoms. The van der Waals surface area contributed by atoms with E-state index in [-0.39, 0.29) is 23.5 Å². The minimum absolute atomic E-state index is 0.149. The number of aliphatic hydroxyl groups excluding tert-OH is 1. The molecule has 110 valence electrons. The fourth-order valence-electron chi connectivity index (χ4n) is 2.36. The van der Waals surface area contributed by atoms with E-state index in [1.54, 1.807) is 11.0 Å². The lowest BCUT2D eigenvalue weighted by Crippen LogP contribution is -2.48. The Balaban J connectivity index is 1.95. The van der Waals surface area contributed by atoms with Crippen LogP contribution in [0.1, 0.15) is 18.4 Å². The Labute approximate surface area is 117 Å². The van der Waals surface area contributed by atoms with Gasteiger partial charge in [0.05, 0.1) is 12.1 Å². The molecule has 1 aliphatic rings. The van der Waals surface area contributed by atoms with E-state index in [9.17, 15) is 20.1 Å². The summed E-state index contributed by atoms with van der Waals surface area (Å²) in [5.41, 5.74) is 6.60. The third-order valence-electron chi connectivity index (χ3n) is 3.59. The summed E-state index contributed by atoms with van der Waals surface area (Å²) in [6.07, 6.45) is 1.13. The van der Waals surface area contributed by atoms with E-state index in [0.29, 0.717) is 37.9 Å². The molecule has 1 heterocycles. The minimum Gasteiger partial charge on any atom is -0.504 e. The van der Waals surface area contributed by atoms with E-state index in [1.165, 1.54) is 12.1 Å². The second kappa shape index (κ2) is 6.11. The summed E-state index contributed by atoms with van der Waals surface area (Å²) in [5, 5.41) is 28.1. The fourth-order valence-corrected chi connectivity index (χ4v) is 2.36. The first kappa shape index (κ1) is 14.6. The predicted octanol–water partition coefficient (Wildman–Crippen LogP) is -0.0491. The molecule has 0 spiro atoms. The Morgan fingerprint density at radius 2 is 1.95 bits per heavy atom. The van der Waals surface area contributed by atoms with Crippen molar-refractivity contribution >= 4 is 5.91 Å². The highest BCUT2D eigenvalue weighted by Gasteiger charge is 2.25. The van der Waals surface area contributed by atoms with Crippen LogP contribution in [0.15, 0.2) is 18.2 Å². The molecule has 0 aromatic heterocycles. The van der Waals surface area contributed by atoms with Gasteiger partial charge in [-0.25, -0.2) is 0 Å². The van der Waals surface area contributed by atoms with Crippen LogP contribution in [0.4, 0.5) is 0 Å². The number of benzene rings is 1. The van der Waals surface area contributed by atoms with Gasteiger partial charge in [-0.2, -0.15) is 0 Å². The molecule has 0 radical (unpaired) electrons. The van der Waals surface area contributed by atoms with Gasteiger partial charge in [0.15, 0.2) is 11.5 Å². The number of aromatic hydroxyl groups is 2. The van der Waals surface area contributed by atoms with Crippen molar-refractivity contribution in [3.8, 4) is 11.5 Å². The van der Waals surface area contributed by atoms with Crippen LogP contribution in [0.3, 0.4) is 0 Å². The lowest BCUT2D eigenvalue weighted by atomic mass is 10.0. The molecule has 1 atom stereocenters. The van der Waals surface area contributed by atoms with E-state index >= 15 is 0 Å². The molecule has 1 saturated heterocycles. The summed E-state index contributed by atoms with van der Waals surface area (Å²) in [6, 6.07) is 3.72. The molecular formula is C14H20N2O4. The highest BCUT2D eigenvalue weighted by molar-refractivity contribution is 5.82. The highest BCUT2D eigenvalue weighted by atomic mass is 16.3.